The topological polar surface area (TPSA) is 70.1 Å². The summed E-state index contributed by atoms with van der Waals surface area (Å²) >= 11 is 0. The smallest absolute Gasteiger partial charge is 0.221 e. The molecule has 1 aromatic carbocycles. The van der Waals surface area contributed by atoms with E-state index in [1.807, 2.05) is 31.2 Å². The Bertz CT molecular complexity index is 489. The highest BCUT2D eigenvalue weighted by Crippen LogP contribution is 2.22. The summed E-state index contributed by atoms with van der Waals surface area (Å²) < 4.78 is 0. The lowest BCUT2D eigenvalue weighted by Gasteiger charge is -2.19. The predicted molar refractivity (Wildman–Crippen MR) is 73.3 cm³/mol. The highest BCUT2D eigenvalue weighted by Gasteiger charge is 2.28. The number of carbonyl (C=O) groups excluding carboxylic acids is 1. The van der Waals surface area contributed by atoms with Crippen LogP contribution in [0.25, 0.3) is 0 Å². The Labute approximate surface area is 113 Å². The normalized spacial score (nSPS) is 20.9. The minimum Gasteiger partial charge on any atom is -0.369 e. The maximum Gasteiger partial charge on any atom is 0.221 e. The summed E-state index contributed by atoms with van der Waals surface area (Å²) in [6, 6.07) is 10.4. The van der Waals surface area contributed by atoms with Crippen molar-refractivity contribution in [1.82, 2.24) is 4.90 Å². The Kier molecular flexibility index (Phi) is 4.18. The van der Waals surface area contributed by atoms with Crippen LogP contribution in [0.4, 0.5) is 0 Å². The molecule has 1 heterocycles. The van der Waals surface area contributed by atoms with Crippen LogP contribution in [0.15, 0.2) is 24.3 Å². The monoisotopic (exact) mass is 257 g/mol. The van der Waals surface area contributed by atoms with E-state index in [4.69, 9.17) is 5.73 Å². The number of amides is 1. The first kappa shape index (κ1) is 13.6. The van der Waals surface area contributed by atoms with Crippen molar-refractivity contribution in [2.45, 2.75) is 19.3 Å². The van der Waals surface area contributed by atoms with E-state index in [1.165, 1.54) is 5.56 Å². The summed E-state index contributed by atoms with van der Waals surface area (Å²) in [7, 11) is 0. The molecule has 4 heteroatoms. The highest BCUT2D eigenvalue weighted by atomic mass is 16.1. The molecule has 0 radical (unpaired) electrons. The SMILES string of the molecule is Cc1ccc([C@H](C#N)CN2CC[C@@H](C(N)=O)C2)cc1. The number of aryl methyl sites for hydroxylation is 1. The van der Waals surface area contributed by atoms with Crippen molar-refractivity contribution in [3.05, 3.63) is 35.4 Å². The molecule has 4 nitrogen and oxygen atoms in total. The van der Waals surface area contributed by atoms with Crippen LogP contribution in [0.1, 0.15) is 23.5 Å². The molecule has 1 aliphatic rings. The average Bonchev–Trinajstić information content (AvgIpc) is 2.86. The summed E-state index contributed by atoms with van der Waals surface area (Å²) in [5.41, 5.74) is 7.55. The van der Waals surface area contributed by atoms with Gasteiger partial charge in [-0.2, -0.15) is 5.26 Å². The molecule has 100 valence electrons. The molecule has 2 rings (SSSR count). The van der Waals surface area contributed by atoms with Crippen LogP contribution in [0.3, 0.4) is 0 Å². The number of nitriles is 1. The van der Waals surface area contributed by atoms with Crippen molar-refractivity contribution in [3.8, 4) is 6.07 Å². The molecule has 19 heavy (non-hydrogen) atoms. The molecule has 0 aromatic heterocycles. The molecule has 0 spiro atoms. The maximum absolute atomic E-state index is 11.1. The third-order valence-electron chi connectivity index (χ3n) is 3.75. The highest BCUT2D eigenvalue weighted by molar-refractivity contribution is 5.77. The maximum atomic E-state index is 11.1. The summed E-state index contributed by atoms with van der Waals surface area (Å²) in [5, 5.41) is 9.32. The van der Waals surface area contributed by atoms with Gasteiger partial charge in [-0.25, -0.2) is 0 Å². The molecule has 0 bridgehead atoms. The predicted octanol–water partition coefficient (Wildman–Crippen LogP) is 1.41. The van der Waals surface area contributed by atoms with Gasteiger partial charge in [0.1, 0.15) is 0 Å². The van der Waals surface area contributed by atoms with Gasteiger partial charge in [-0.3, -0.25) is 4.79 Å². The van der Waals surface area contributed by atoms with Gasteiger partial charge in [0.25, 0.3) is 0 Å². The molecule has 1 aromatic rings. The van der Waals surface area contributed by atoms with Gasteiger partial charge in [0, 0.05) is 13.1 Å². The van der Waals surface area contributed by atoms with Crippen LogP contribution in [0, 0.1) is 24.2 Å². The number of carbonyl (C=O) groups is 1. The Morgan fingerprint density at radius 2 is 2.21 bits per heavy atom. The Balaban J connectivity index is 1.99. The second-order valence-corrected chi connectivity index (χ2v) is 5.24. The van der Waals surface area contributed by atoms with Gasteiger partial charge in [0.2, 0.25) is 5.91 Å². The van der Waals surface area contributed by atoms with E-state index < -0.39 is 0 Å². The Morgan fingerprint density at radius 1 is 1.53 bits per heavy atom. The summed E-state index contributed by atoms with van der Waals surface area (Å²) in [4.78, 5) is 13.3. The van der Waals surface area contributed by atoms with Gasteiger partial charge < -0.3 is 10.6 Å². The fraction of sp³-hybridized carbons (Fsp3) is 0.467. The van der Waals surface area contributed by atoms with Crippen molar-refractivity contribution >= 4 is 5.91 Å². The first-order chi connectivity index (χ1) is 9.10. The molecular formula is C15H19N3O. The van der Waals surface area contributed by atoms with E-state index in [1.54, 1.807) is 0 Å². The lowest BCUT2D eigenvalue weighted by Crippen LogP contribution is -2.29. The Morgan fingerprint density at radius 3 is 2.74 bits per heavy atom. The van der Waals surface area contributed by atoms with Crippen LogP contribution in [-0.4, -0.2) is 30.4 Å². The van der Waals surface area contributed by atoms with E-state index in [9.17, 15) is 10.1 Å². The second kappa shape index (κ2) is 5.85. The van der Waals surface area contributed by atoms with Gasteiger partial charge in [-0.1, -0.05) is 29.8 Å². The molecule has 1 fully saturated rings. The first-order valence-electron chi connectivity index (χ1n) is 6.58. The van der Waals surface area contributed by atoms with E-state index in [-0.39, 0.29) is 17.7 Å². The van der Waals surface area contributed by atoms with Gasteiger partial charge in [0.15, 0.2) is 0 Å². The lowest BCUT2D eigenvalue weighted by molar-refractivity contribution is -0.121. The molecule has 0 unspecified atom stereocenters. The zero-order valence-electron chi connectivity index (χ0n) is 11.2. The first-order valence-corrected chi connectivity index (χ1v) is 6.58. The van der Waals surface area contributed by atoms with Crippen LogP contribution in [-0.2, 0) is 4.79 Å². The number of likely N-dealkylation sites (tertiary alicyclic amines) is 1. The minimum absolute atomic E-state index is 0.0580. The third-order valence-corrected chi connectivity index (χ3v) is 3.75. The zero-order chi connectivity index (χ0) is 13.8. The zero-order valence-corrected chi connectivity index (χ0v) is 11.2. The molecule has 0 saturated carbocycles. The minimum atomic E-state index is -0.230. The van der Waals surface area contributed by atoms with E-state index >= 15 is 0 Å². The molecule has 2 atom stereocenters. The van der Waals surface area contributed by atoms with Crippen molar-refractivity contribution in [3.63, 3.8) is 0 Å². The summed E-state index contributed by atoms with van der Waals surface area (Å²) in [5.74, 6) is -0.434. The molecule has 1 aliphatic heterocycles. The average molecular weight is 257 g/mol. The molecular weight excluding hydrogens is 238 g/mol. The van der Waals surface area contributed by atoms with Crippen molar-refractivity contribution in [2.75, 3.05) is 19.6 Å². The third kappa shape index (κ3) is 3.33. The number of nitrogens with zero attached hydrogens (tertiary/aromatic N) is 2. The molecule has 1 saturated heterocycles. The van der Waals surface area contributed by atoms with Gasteiger partial charge in [-0.15, -0.1) is 0 Å². The lowest BCUT2D eigenvalue weighted by atomic mass is 9.99. The van der Waals surface area contributed by atoms with E-state index in [0.717, 1.165) is 18.5 Å². The fourth-order valence-corrected chi connectivity index (χ4v) is 2.51. The number of rotatable bonds is 4. The van der Waals surface area contributed by atoms with Crippen molar-refractivity contribution in [1.29, 1.82) is 5.26 Å². The van der Waals surface area contributed by atoms with Gasteiger partial charge >= 0.3 is 0 Å². The Hall–Kier alpha value is -1.86. The standard InChI is InChI=1S/C15H19N3O/c1-11-2-4-12(5-3-11)14(8-16)10-18-7-6-13(9-18)15(17)19/h2-5,13-14H,6-7,9-10H2,1H3,(H2,17,19)/t13-,14-/m1/s1. The quantitative estimate of drug-likeness (QED) is 0.886. The van der Waals surface area contributed by atoms with Crippen LogP contribution >= 0.6 is 0 Å². The molecule has 1 amide bonds. The van der Waals surface area contributed by atoms with Crippen LogP contribution in [0.5, 0.6) is 0 Å². The van der Waals surface area contributed by atoms with Gasteiger partial charge in [0.05, 0.1) is 17.9 Å². The number of nitrogens with two attached hydrogens (primary N) is 1. The van der Waals surface area contributed by atoms with E-state index in [2.05, 4.69) is 11.0 Å². The summed E-state index contributed by atoms with van der Waals surface area (Å²) in [6.07, 6.45) is 0.807. The number of primary amides is 1. The van der Waals surface area contributed by atoms with Crippen molar-refractivity contribution in [2.24, 2.45) is 11.7 Å². The van der Waals surface area contributed by atoms with Crippen molar-refractivity contribution < 1.29 is 4.79 Å². The molecule has 0 aliphatic carbocycles. The largest absolute Gasteiger partial charge is 0.369 e. The summed E-state index contributed by atoms with van der Waals surface area (Å²) in [6.45, 7) is 4.23. The number of hydrogen-bond acceptors (Lipinski definition) is 3. The fourth-order valence-electron chi connectivity index (χ4n) is 2.51. The van der Waals surface area contributed by atoms with Crippen LogP contribution < -0.4 is 5.73 Å². The van der Waals surface area contributed by atoms with Gasteiger partial charge in [-0.05, 0) is 25.5 Å². The molecule has 2 N–H and O–H groups in total. The van der Waals surface area contributed by atoms with Crippen LogP contribution in [0.2, 0.25) is 0 Å². The second-order valence-electron chi connectivity index (χ2n) is 5.24. The van der Waals surface area contributed by atoms with E-state index in [0.29, 0.717) is 13.1 Å². The number of benzene rings is 1. The number of hydrogen-bond donors (Lipinski definition) is 1.